The van der Waals surface area contributed by atoms with Crippen molar-refractivity contribution in [2.24, 2.45) is 5.73 Å². The summed E-state index contributed by atoms with van der Waals surface area (Å²) >= 11 is 0. The topological polar surface area (TPSA) is 87.1 Å². The van der Waals surface area contributed by atoms with Gasteiger partial charge in [-0.2, -0.15) is 5.26 Å². The summed E-state index contributed by atoms with van der Waals surface area (Å²) in [4.78, 5) is 10.4. The fraction of sp³-hybridized carbons (Fsp3) is 0.0909. The predicted octanol–water partition coefficient (Wildman–Crippen LogP) is 0.491. The van der Waals surface area contributed by atoms with Crippen LogP contribution in [0.4, 0.5) is 0 Å². The quantitative estimate of drug-likeness (QED) is 0.647. The smallest absolute Gasteiger partial charge is 0.229 e. The van der Waals surface area contributed by atoms with Crippen LogP contribution in [0.3, 0.4) is 0 Å². The number of aromatic hydroxyl groups is 1. The van der Waals surface area contributed by atoms with Crippen molar-refractivity contribution < 1.29 is 9.90 Å². The third-order valence-corrected chi connectivity index (χ3v) is 1.61. The normalized spacial score (nSPS) is 8.47. The Morgan fingerprint density at radius 1 is 1.53 bits per heavy atom. The number of nitriles is 1. The average molecular weight is 200 g/mol. The number of rotatable bonds is 1. The van der Waals surface area contributed by atoms with E-state index in [2.05, 4.69) is 11.8 Å². The van der Waals surface area contributed by atoms with Crippen LogP contribution in [0.25, 0.3) is 0 Å². The van der Waals surface area contributed by atoms with Gasteiger partial charge in [-0.25, -0.2) is 0 Å². The van der Waals surface area contributed by atoms with Crippen molar-refractivity contribution in [2.75, 3.05) is 0 Å². The molecule has 0 fully saturated rings. The predicted molar refractivity (Wildman–Crippen MR) is 53.5 cm³/mol. The summed E-state index contributed by atoms with van der Waals surface area (Å²) in [5, 5.41) is 17.8. The molecule has 1 rings (SSSR count). The molecule has 1 amide bonds. The first-order valence-corrected chi connectivity index (χ1v) is 4.14. The number of phenolic OH excluding ortho intramolecular Hbond substituents is 1. The molecule has 74 valence electrons. The summed E-state index contributed by atoms with van der Waals surface area (Å²) in [7, 11) is 0. The summed E-state index contributed by atoms with van der Waals surface area (Å²) in [6.07, 6.45) is -0.0250. The van der Waals surface area contributed by atoms with Crippen LogP contribution in [0.5, 0.6) is 5.75 Å². The second kappa shape index (κ2) is 4.69. The minimum Gasteiger partial charge on any atom is -0.507 e. The minimum atomic E-state index is -0.498. The van der Waals surface area contributed by atoms with E-state index in [1.54, 1.807) is 6.07 Å². The zero-order chi connectivity index (χ0) is 11.3. The van der Waals surface area contributed by atoms with Crippen molar-refractivity contribution in [1.82, 2.24) is 0 Å². The first-order chi connectivity index (χ1) is 7.13. The van der Waals surface area contributed by atoms with E-state index in [0.29, 0.717) is 5.56 Å². The first kappa shape index (κ1) is 10.6. The van der Waals surface area contributed by atoms with E-state index in [1.165, 1.54) is 12.1 Å². The van der Waals surface area contributed by atoms with Crippen LogP contribution in [-0.2, 0) is 4.79 Å². The van der Waals surface area contributed by atoms with Crippen molar-refractivity contribution in [3.8, 4) is 23.7 Å². The lowest BCUT2D eigenvalue weighted by molar-refractivity contribution is -0.117. The maximum Gasteiger partial charge on any atom is 0.229 e. The Balaban J connectivity index is 2.92. The fourth-order valence-electron chi connectivity index (χ4n) is 0.937. The molecule has 15 heavy (non-hydrogen) atoms. The van der Waals surface area contributed by atoms with Gasteiger partial charge in [0.05, 0.1) is 12.0 Å². The summed E-state index contributed by atoms with van der Waals surface area (Å²) in [6.45, 7) is 0. The van der Waals surface area contributed by atoms with Gasteiger partial charge in [-0.1, -0.05) is 11.8 Å². The second-order valence-electron chi connectivity index (χ2n) is 2.79. The number of phenols is 1. The van der Waals surface area contributed by atoms with Gasteiger partial charge >= 0.3 is 0 Å². The van der Waals surface area contributed by atoms with E-state index in [-0.39, 0.29) is 17.7 Å². The molecule has 0 aliphatic carbocycles. The Bertz CT molecular complexity index is 490. The number of benzene rings is 1. The molecule has 0 spiro atoms. The largest absolute Gasteiger partial charge is 0.507 e. The van der Waals surface area contributed by atoms with Gasteiger partial charge in [0.15, 0.2) is 0 Å². The van der Waals surface area contributed by atoms with Crippen LogP contribution in [0.2, 0.25) is 0 Å². The van der Waals surface area contributed by atoms with Crippen LogP contribution >= 0.6 is 0 Å². The van der Waals surface area contributed by atoms with Crippen molar-refractivity contribution >= 4 is 5.91 Å². The molecule has 1 aromatic carbocycles. The van der Waals surface area contributed by atoms with Crippen LogP contribution < -0.4 is 5.73 Å². The van der Waals surface area contributed by atoms with Crippen LogP contribution in [0, 0.1) is 23.2 Å². The summed E-state index contributed by atoms with van der Waals surface area (Å²) < 4.78 is 0. The Morgan fingerprint density at radius 2 is 2.27 bits per heavy atom. The number of carbonyl (C=O) groups excluding carboxylic acids is 1. The zero-order valence-electron chi connectivity index (χ0n) is 7.82. The number of nitrogens with zero attached hydrogens (tertiary/aromatic N) is 1. The van der Waals surface area contributed by atoms with E-state index < -0.39 is 5.91 Å². The standard InChI is InChI=1S/C11H8N2O2/c12-7-9-6-8(4-5-10(9)14)2-1-3-11(13)15/h4-6,14H,3H2,(H2,13,15). The Labute approximate surface area is 86.9 Å². The lowest BCUT2D eigenvalue weighted by Crippen LogP contribution is -2.08. The molecule has 0 aliphatic heterocycles. The molecule has 1 aromatic rings. The molecular weight excluding hydrogens is 192 g/mol. The molecule has 0 bridgehead atoms. The van der Waals surface area contributed by atoms with E-state index in [0.717, 1.165) is 0 Å². The summed E-state index contributed by atoms with van der Waals surface area (Å²) in [5.74, 6) is 4.64. The maximum atomic E-state index is 10.4. The molecular formula is C11H8N2O2. The molecule has 0 saturated carbocycles. The third kappa shape index (κ3) is 3.06. The number of primary amides is 1. The molecule has 0 aliphatic rings. The number of nitrogens with two attached hydrogens (primary N) is 1. The number of amides is 1. The number of hydrogen-bond acceptors (Lipinski definition) is 3. The fourth-order valence-corrected chi connectivity index (χ4v) is 0.937. The van der Waals surface area contributed by atoms with Gasteiger partial charge in [-0.15, -0.1) is 0 Å². The monoisotopic (exact) mass is 200 g/mol. The highest BCUT2D eigenvalue weighted by Gasteiger charge is 1.99. The number of hydrogen-bond donors (Lipinski definition) is 2. The second-order valence-corrected chi connectivity index (χ2v) is 2.79. The molecule has 0 saturated heterocycles. The van der Waals surface area contributed by atoms with Gasteiger partial charge in [0.1, 0.15) is 11.8 Å². The molecule has 4 nitrogen and oxygen atoms in total. The van der Waals surface area contributed by atoms with Gasteiger partial charge in [-0.05, 0) is 18.2 Å². The van der Waals surface area contributed by atoms with E-state index in [9.17, 15) is 9.90 Å². The van der Waals surface area contributed by atoms with Crippen molar-refractivity contribution in [3.63, 3.8) is 0 Å². The zero-order valence-corrected chi connectivity index (χ0v) is 7.82. The van der Waals surface area contributed by atoms with Crippen LogP contribution in [-0.4, -0.2) is 11.0 Å². The molecule has 0 atom stereocenters. The highest BCUT2D eigenvalue weighted by molar-refractivity contribution is 5.76. The molecule has 3 N–H and O–H groups in total. The van der Waals surface area contributed by atoms with Crippen LogP contribution in [0.15, 0.2) is 18.2 Å². The minimum absolute atomic E-state index is 0.0250. The van der Waals surface area contributed by atoms with Gasteiger partial charge < -0.3 is 10.8 Å². The SMILES string of the molecule is N#Cc1cc(C#CCC(N)=O)ccc1O. The van der Waals surface area contributed by atoms with E-state index in [1.807, 2.05) is 6.07 Å². The molecule has 0 aromatic heterocycles. The van der Waals surface area contributed by atoms with Crippen molar-refractivity contribution in [3.05, 3.63) is 29.3 Å². The lowest BCUT2D eigenvalue weighted by Gasteiger charge is -1.95. The molecule has 0 unspecified atom stereocenters. The van der Waals surface area contributed by atoms with Gasteiger partial charge in [-0.3, -0.25) is 4.79 Å². The third-order valence-electron chi connectivity index (χ3n) is 1.61. The Morgan fingerprint density at radius 3 is 2.87 bits per heavy atom. The average Bonchev–Trinajstić information content (AvgIpc) is 2.20. The highest BCUT2D eigenvalue weighted by atomic mass is 16.3. The van der Waals surface area contributed by atoms with E-state index in [4.69, 9.17) is 11.0 Å². The maximum absolute atomic E-state index is 10.4. The Kier molecular flexibility index (Phi) is 3.32. The van der Waals surface area contributed by atoms with E-state index >= 15 is 0 Å². The highest BCUT2D eigenvalue weighted by Crippen LogP contribution is 2.16. The molecule has 0 heterocycles. The van der Waals surface area contributed by atoms with Crippen molar-refractivity contribution in [1.29, 1.82) is 5.26 Å². The first-order valence-electron chi connectivity index (χ1n) is 4.14. The van der Waals surface area contributed by atoms with Crippen LogP contribution in [0.1, 0.15) is 17.5 Å². The lowest BCUT2D eigenvalue weighted by atomic mass is 10.1. The molecule has 0 radical (unpaired) electrons. The Hall–Kier alpha value is -2.46. The number of carbonyl (C=O) groups is 1. The van der Waals surface area contributed by atoms with Gasteiger partial charge in [0.25, 0.3) is 0 Å². The van der Waals surface area contributed by atoms with Gasteiger partial charge in [0, 0.05) is 5.56 Å². The molecule has 4 heteroatoms. The summed E-state index contributed by atoms with van der Waals surface area (Å²) in [5.41, 5.74) is 5.62. The van der Waals surface area contributed by atoms with Gasteiger partial charge in [0.2, 0.25) is 5.91 Å². The summed E-state index contributed by atoms with van der Waals surface area (Å²) in [6, 6.07) is 6.21. The van der Waals surface area contributed by atoms with Crippen molar-refractivity contribution in [2.45, 2.75) is 6.42 Å².